The number of hydrogen-bond acceptors (Lipinski definition) is 3. The van der Waals surface area contributed by atoms with Gasteiger partial charge in [-0.2, -0.15) is 11.8 Å². The Bertz CT molecular complexity index is 392. The molecule has 0 bridgehead atoms. The van der Waals surface area contributed by atoms with Crippen molar-refractivity contribution >= 4 is 23.6 Å². The van der Waals surface area contributed by atoms with Crippen molar-refractivity contribution in [3.63, 3.8) is 0 Å². The molecule has 1 spiro atoms. The molecule has 1 N–H and O–H groups in total. The van der Waals surface area contributed by atoms with Crippen LogP contribution in [0.4, 0.5) is 0 Å². The number of carbonyl (C=O) groups excluding carboxylic acids is 2. The molecule has 1 unspecified atom stereocenters. The van der Waals surface area contributed by atoms with Gasteiger partial charge in [0.2, 0.25) is 11.8 Å². The van der Waals surface area contributed by atoms with Crippen molar-refractivity contribution in [1.82, 2.24) is 10.2 Å². The van der Waals surface area contributed by atoms with E-state index in [9.17, 15) is 9.59 Å². The van der Waals surface area contributed by atoms with E-state index in [4.69, 9.17) is 0 Å². The first-order chi connectivity index (χ1) is 10.0. The van der Waals surface area contributed by atoms with E-state index in [0.29, 0.717) is 0 Å². The quantitative estimate of drug-likeness (QED) is 0.766. The van der Waals surface area contributed by atoms with E-state index >= 15 is 0 Å². The summed E-state index contributed by atoms with van der Waals surface area (Å²) in [5, 5.41) is 2.99. The Labute approximate surface area is 132 Å². The molecule has 2 rings (SSSR count). The van der Waals surface area contributed by atoms with Crippen LogP contribution >= 0.6 is 11.8 Å². The zero-order valence-corrected chi connectivity index (χ0v) is 14.3. The molecule has 0 aromatic rings. The molecule has 2 aliphatic rings. The van der Waals surface area contributed by atoms with Gasteiger partial charge in [0, 0.05) is 6.54 Å². The van der Waals surface area contributed by atoms with E-state index in [1.165, 1.54) is 0 Å². The average Bonchev–Trinajstić information content (AvgIpc) is 2.92. The Morgan fingerprint density at radius 1 is 1.33 bits per heavy atom. The maximum Gasteiger partial charge on any atom is 0.246 e. The van der Waals surface area contributed by atoms with Crippen molar-refractivity contribution < 1.29 is 9.59 Å². The monoisotopic (exact) mass is 312 g/mol. The maximum atomic E-state index is 12.8. The van der Waals surface area contributed by atoms with Crippen LogP contribution in [-0.2, 0) is 9.59 Å². The topological polar surface area (TPSA) is 49.4 Å². The molecular formula is C16H28N2O2S. The van der Waals surface area contributed by atoms with E-state index in [-0.39, 0.29) is 23.8 Å². The molecule has 120 valence electrons. The summed E-state index contributed by atoms with van der Waals surface area (Å²) in [5.41, 5.74) is -0.542. The SMILES string of the molecule is CCSCCCN1C(=O)C(C(C)C)NC(=O)C12CCCC2. The molecule has 1 aliphatic heterocycles. The van der Waals surface area contributed by atoms with Crippen molar-refractivity contribution in [2.45, 2.75) is 64.5 Å². The van der Waals surface area contributed by atoms with Gasteiger partial charge in [0.15, 0.2) is 0 Å². The summed E-state index contributed by atoms with van der Waals surface area (Å²) in [5.74, 6) is 2.53. The summed E-state index contributed by atoms with van der Waals surface area (Å²) in [4.78, 5) is 27.4. The standard InChI is InChI=1S/C16H28N2O2S/c1-4-21-11-7-10-18-14(19)13(12(2)3)17-15(20)16(18)8-5-6-9-16/h12-13H,4-11H2,1-3H3,(H,17,20). The van der Waals surface area contributed by atoms with Crippen LogP contribution in [0.15, 0.2) is 0 Å². The minimum Gasteiger partial charge on any atom is -0.342 e. The maximum absolute atomic E-state index is 12.8. The number of thioether (sulfide) groups is 1. The van der Waals surface area contributed by atoms with Crippen LogP contribution < -0.4 is 5.32 Å². The third kappa shape index (κ3) is 3.22. The highest BCUT2D eigenvalue weighted by Crippen LogP contribution is 2.39. The lowest BCUT2D eigenvalue weighted by Gasteiger charge is -2.47. The average molecular weight is 312 g/mol. The minimum atomic E-state index is -0.542. The number of carbonyl (C=O) groups is 2. The largest absolute Gasteiger partial charge is 0.342 e. The van der Waals surface area contributed by atoms with Gasteiger partial charge in [-0.15, -0.1) is 0 Å². The lowest BCUT2D eigenvalue weighted by molar-refractivity contribution is -0.158. The zero-order chi connectivity index (χ0) is 15.5. The summed E-state index contributed by atoms with van der Waals surface area (Å²) in [7, 11) is 0. The van der Waals surface area contributed by atoms with Gasteiger partial charge in [0.1, 0.15) is 11.6 Å². The highest BCUT2D eigenvalue weighted by Gasteiger charge is 2.53. The van der Waals surface area contributed by atoms with Crippen LogP contribution in [0.1, 0.15) is 52.9 Å². The van der Waals surface area contributed by atoms with E-state index in [0.717, 1.165) is 50.2 Å². The fourth-order valence-electron chi connectivity index (χ4n) is 3.54. The first-order valence-electron chi connectivity index (χ1n) is 8.23. The van der Waals surface area contributed by atoms with Gasteiger partial charge in [-0.1, -0.05) is 33.6 Å². The Balaban J connectivity index is 2.15. The Morgan fingerprint density at radius 3 is 2.57 bits per heavy atom. The number of nitrogens with zero attached hydrogens (tertiary/aromatic N) is 1. The van der Waals surface area contributed by atoms with Crippen LogP contribution in [0.3, 0.4) is 0 Å². The summed E-state index contributed by atoms with van der Waals surface area (Å²) >= 11 is 1.90. The van der Waals surface area contributed by atoms with Crippen LogP contribution in [0.25, 0.3) is 0 Å². The van der Waals surface area contributed by atoms with Crippen molar-refractivity contribution in [2.75, 3.05) is 18.1 Å². The predicted octanol–water partition coefficient (Wildman–Crippen LogP) is 2.43. The fourth-order valence-corrected chi connectivity index (χ4v) is 4.16. The Hall–Kier alpha value is -0.710. The third-order valence-corrected chi connectivity index (χ3v) is 5.72. The van der Waals surface area contributed by atoms with Gasteiger partial charge in [-0.25, -0.2) is 0 Å². The Kier molecular flexibility index (Phi) is 5.58. The second-order valence-corrected chi connectivity index (χ2v) is 7.87. The van der Waals surface area contributed by atoms with Gasteiger partial charge in [-0.05, 0) is 36.7 Å². The summed E-state index contributed by atoms with van der Waals surface area (Å²) in [6, 6.07) is -0.345. The van der Waals surface area contributed by atoms with Crippen molar-refractivity contribution in [2.24, 2.45) is 5.92 Å². The zero-order valence-electron chi connectivity index (χ0n) is 13.5. The van der Waals surface area contributed by atoms with Gasteiger partial charge < -0.3 is 10.2 Å². The van der Waals surface area contributed by atoms with E-state index < -0.39 is 5.54 Å². The number of nitrogens with one attached hydrogen (secondary N) is 1. The molecule has 4 nitrogen and oxygen atoms in total. The van der Waals surface area contributed by atoms with Crippen LogP contribution in [0.5, 0.6) is 0 Å². The lowest BCUT2D eigenvalue weighted by atomic mass is 9.86. The van der Waals surface area contributed by atoms with Gasteiger partial charge in [0.25, 0.3) is 0 Å². The highest BCUT2D eigenvalue weighted by molar-refractivity contribution is 7.99. The van der Waals surface area contributed by atoms with Gasteiger partial charge >= 0.3 is 0 Å². The number of amides is 2. The number of hydrogen-bond donors (Lipinski definition) is 1. The van der Waals surface area contributed by atoms with E-state index in [2.05, 4.69) is 12.2 Å². The molecule has 1 atom stereocenters. The smallest absolute Gasteiger partial charge is 0.246 e. The summed E-state index contributed by atoms with van der Waals surface area (Å²) in [6.07, 6.45) is 4.73. The minimum absolute atomic E-state index is 0.0847. The molecule has 1 aliphatic carbocycles. The molecular weight excluding hydrogens is 284 g/mol. The number of piperazine rings is 1. The predicted molar refractivity (Wildman–Crippen MR) is 87.3 cm³/mol. The van der Waals surface area contributed by atoms with Crippen LogP contribution in [-0.4, -0.2) is 46.3 Å². The van der Waals surface area contributed by atoms with E-state index in [1.54, 1.807) is 0 Å². The summed E-state index contributed by atoms with van der Waals surface area (Å²) in [6.45, 7) is 6.88. The second kappa shape index (κ2) is 7.03. The molecule has 21 heavy (non-hydrogen) atoms. The van der Waals surface area contributed by atoms with Crippen LogP contribution in [0, 0.1) is 5.92 Å². The van der Waals surface area contributed by atoms with Crippen LogP contribution in [0.2, 0.25) is 0 Å². The van der Waals surface area contributed by atoms with Gasteiger partial charge in [0.05, 0.1) is 0 Å². The summed E-state index contributed by atoms with van der Waals surface area (Å²) < 4.78 is 0. The molecule has 1 saturated heterocycles. The van der Waals surface area contributed by atoms with Crippen molar-refractivity contribution in [1.29, 1.82) is 0 Å². The molecule has 2 amide bonds. The first kappa shape index (κ1) is 16.7. The Morgan fingerprint density at radius 2 is 2.00 bits per heavy atom. The third-order valence-electron chi connectivity index (χ3n) is 4.73. The van der Waals surface area contributed by atoms with Crippen molar-refractivity contribution in [3.8, 4) is 0 Å². The highest BCUT2D eigenvalue weighted by atomic mass is 32.2. The lowest BCUT2D eigenvalue weighted by Crippen LogP contribution is -2.70. The van der Waals surface area contributed by atoms with Gasteiger partial charge in [-0.3, -0.25) is 9.59 Å². The molecule has 5 heteroatoms. The normalized spacial score (nSPS) is 25.0. The first-order valence-corrected chi connectivity index (χ1v) is 9.38. The fraction of sp³-hybridized carbons (Fsp3) is 0.875. The molecule has 1 saturated carbocycles. The molecule has 0 radical (unpaired) electrons. The molecule has 1 heterocycles. The molecule has 2 fully saturated rings. The van der Waals surface area contributed by atoms with E-state index in [1.807, 2.05) is 30.5 Å². The van der Waals surface area contributed by atoms with Crippen molar-refractivity contribution in [3.05, 3.63) is 0 Å². The molecule has 0 aromatic carbocycles. The molecule has 0 aromatic heterocycles. The number of rotatable bonds is 6. The second-order valence-electron chi connectivity index (χ2n) is 6.47.